The van der Waals surface area contributed by atoms with Gasteiger partial charge in [-0.05, 0) is 24.1 Å². The second-order valence-electron chi connectivity index (χ2n) is 3.78. The van der Waals surface area contributed by atoms with Crippen molar-refractivity contribution in [3.05, 3.63) is 34.9 Å². The SMILES string of the molecule is NC(=S)CNC(=O)C(=O)NCCc1ccc(Cl)cc1. The lowest BCUT2D eigenvalue weighted by molar-refractivity contribution is -0.139. The molecule has 7 heteroatoms. The maximum absolute atomic E-state index is 11.4. The largest absolute Gasteiger partial charge is 0.392 e. The van der Waals surface area contributed by atoms with Gasteiger partial charge in [-0.15, -0.1) is 0 Å². The molecule has 102 valence electrons. The highest BCUT2D eigenvalue weighted by molar-refractivity contribution is 7.80. The van der Waals surface area contributed by atoms with Crippen molar-refractivity contribution in [1.82, 2.24) is 10.6 Å². The van der Waals surface area contributed by atoms with E-state index in [1.165, 1.54) is 0 Å². The second-order valence-corrected chi connectivity index (χ2v) is 4.74. The first-order valence-electron chi connectivity index (χ1n) is 5.58. The fourth-order valence-electron chi connectivity index (χ4n) is 1.30. The summed E-state index contributed by atoms with van der Waals surface area (Å²) in [6.45, 7) is 0.375. The Kier molecular flexibility index (Phi) is 6.24. The van der Waals surface area contributed by atoms with Crippen molar-refractivity contribution in [2.45, 2.75) is 6.42 Å². The van der Waals surface area contributed by atoms with E-state index in [2.05, 4.69) is 22.9 Å². The van der Waals surface area contributed by atoms with Crippen molar-refractivity contribution in [3.63, 3.8) is 0 Å². The van der Waals surface area contributed by atoms with Crippen LogP contribution in [-0.4, -0.2) is 29.9 Å². The average molecular weight is 300 g/mol. The molecule has 0 saturated carbocycles. The zero-order valence-corrected chi connectivity index (χ0v) is 11.7. The summed E-state index contributed by atoms with van der Waals surface area (Å²) < 4.78 is 0. The molecule has 0 fully saturated rings. The number of halogens is 1. The number of nitrogens with two attached hydrogens (primary N) is 1. The molecule has 1 rings (SSSR count). The van der Waals surface area contributed by atoms with E-state index in [4.69, 9.17) is 17.3 Å². The van der Waals surface area contributed by atoms with Crippen LogP contribution in [0.5, 0.6) is 0 Å². The molecule has 0 unspecified atom stereocenters. The standard InChI is InChI=1S/C12H14ClN3O2S/c13-9-3-1-8(2-4-9)5-6-15-11(17)12(18)16-7-10(14)19/h1-4H,5-7H2,(H2,14,19)(H,15,17)(H,16,18). The van der Waals surface area contributed by atoms with Crippen molar-refractivity contribution < 1.29 is 9.59 Å². The number of thiocarbonyl (C=S) groups is 1. The van der Waals surface area contributed by atoms with Crippen molar-refractivity contribution >= 4 is 40.6 Å². The lowest BCUT2D eigenvalue weighted by Crippen LogP contribution is -2.43. The molecule has 0 spiro atoms. The fraction of sp³-hybridized carbons (Fsp3) is 0.250. The van der Waals surface area contributed by atoms with E-state index in [1.807, 2.05) is 12.1 Å². The summed E-state index contributed by atoms with van der Waals surface area (Å²) in [4.78, 5) is 22.8. The fourth-order valence-corrected chi connectivity index (χ4v) is 1.50. The molecule has 0 aromatic heterocycles. The van der Waals surface area contributed by atoms with Crippen molar-refractivity contribution in [2.75, 3.05) is 13.1 Å². The number of carbonyl (C=O) groups is 2. The third-order valence-electron chi connectivity index (χ3n) is 2.24. The minimum absolute atomic E-state index is 0.0127. The molecule has 2 amide bonds. The third kappa shape index (κ3) is 6.17. The maximum atomic E-state index is 11.4. The summed E-state index contributed by atoms with van der Waals surface area (Å²) >= 11 is 10.3. The van der Waals surface area contributed by atoms with Gasteiger partial charge in [0.2, 0.25) is 0 Å². The minimum Gasteiger partial charge on any atom is -0.392 e. The van der Waals surface area contributed by atoms with Gasteiger partial charge in [0.1, 0.15) is 0 Å². The van der Waals surface area contributed by atoms with Gasteiger partial charge < -0.3 is 16.4 Å². The molecule has 0 aliphatic heterocycles. The summed E-state index contributed by atoms with van der Waals surface area (Å²) in [6, 6.07) is 7.27. The van der Waals surface area contributed by atoms with Crippen LogP contribution >= 0.6 is 23.8 Å². The highest BCUT2D eigenvalue weighted by atomic mass is 35.5. The number of amides is 2. The number of carbonyl (C=O) groups excluding carboxylic acids is 2. The number of hydrogen-bond acceptors (Lipinski definition) is 3. The maximum Gasteiger partial charge on any atom is 0.309 e. The van der Waals surface area contributed by atoms with Gasteiger partial charge in [-0.2, -0.15) is 0 Å². The monoisotopic (exact) mass is 299 g/mol. The van der Waals surface area contributed by atoms with Crippen LogP contribution < -0.4 is 16.4 Å². The number of nitrogens with one attached hydrogen (secondary N) is 2. The van der Waals surface area contributed by atoms with Gasteiger partial charge in [0.05, 0.1) is 11.5 Å². The summed E-state index contributed by atoms with van der Waals surface area (Å²) in [5, 5.41) is 5.46. The van der Waals surface area contributed by atoms with E-state index < -0.39 is 11.8 Å². The molecular formula is C12H14ClN3O2S. The Morgan fingerprint density at radius 1 is 1.16 bits per heavy atom. The number of hydrogen-bond donors (Lipinski definition) is 3. The van der Waals surface area contributed by atoms with Gasteiger partial charge >= 0.3 is 11.8 Å². The van der Waals surface area contributed by atoms with Crippen LogP contribution in [0.25, 0.3) is 0 Å². The Labute approximate surface area is 121 Å². The lowest BCUT2D eigenvalue weighted by Gasteiger charge is -2.06. The molecule has 0 radical (unpaired) electrons. The highest BCUT2D eigenvalue weighted by Gasteiger charge is 2.11. The zero-order chi connectivity index (χ0) is 14.3. The van der Waals surface area contributed by atoms with E-state index >= 15 is 0 Å². The molecule has 1 aromatic carbocycles. The van der Waals surface area contributed by atoms with Gasteiger partial charge in [-0.1, -0.05) is 36.0 Å². The van der Waals surface area contributed by atoms with E-state index in [1.54, 1.807) is 12.1 Å². The molecule has 5 nitrogen and oxygen atoms in total. The van der Waals surface area contributed by atoms with Crippen LogP contribution in [0.1, 0.15) is 5.56 Å². The summed E-state index contributed by atoms with van der Waals surface area (Å²) in [7, 11) is 0. The van der Waals surface area contributed by atoms with Crippen LogP contribution in [0.4, 0.5) is 0 Å². The highest BCUT2D eigenvalue weighted by Crippen LogP contribution is 2.09. The normalized spacial score (nSPS) is 9.74. The molecule has 0 bridgehead atoms. The van der Waals surface area contributed by atoms with Gasteiger partial charge in [0.15, 0.2) is 0 Å². The molecular weight excluding hydrogens is 286 g/mol. The first-order valence-corrected chi connectivity index (χ1v) is 6.36. The van der Waals surface area contributed by atoms with Gasteiger partial charge in [-0.3, -0.25) is 9.59 Å². The smallest absolute Gasteiger partial charge is 0.309 e. The minimum atomic E-state index is -0.746. The topological polar surface area (TPSA) is 84.2 Å². The predicted molar refractivity (Wildman–Crippen MR) is 78.0 cm³/mol. The molecule has 4 N–H and O–H groups in total. The Hall–Kier alpha value is -1.66. The van der Waals surface area contributed by atoms with Crippen LogP contribution in [0.3, 0.4) is 0 Å². The van der Waals surface area contributed by atoms with E-state index in [0.29, 0.717) is 18.0 Å². The van der Waals surface area contributed by atoms with Crippen LogP contribution in [-0.2, 0) is 16.0 Å². The Morgan fingerprint density at radius 3 is 2.32 bits per heavy atom. The first kappa shape index (κ1) is 15.4. The van der Waals surface area contributed by atoms with Gasteiger partial charge in [-0.25, -0.2) is 0 Å². The molecule has 0 saturated heterocycles. The predicted octanol–water partition coefficient (Wildman–Crippen LogP) is 0.401. The van der Waals surface area contributed by atoms with E-state index in [0.717, 1.165) is 5.56 Å². The van der Waals surface area contributed by atoms with E-state index in [9.17, 15) is 9.59 Å². The van der Waals surface area contributed by atoms with Crippen LogP contribution in [0.15, 0.2) is 24.3 Å². The zero-order valence-electron chi connectivity index (χ0n) is 10.1. The van der Waals surface area contributed by atoms with E-state index in [-0.39, 0.29) is 11.5 Å². The van der Waals surface area contributed by atoms with Crippen molar-refractivity contribution in [2.24, 2.45) is 5.73 Å². The lowest BCUT2D eigenvalue weighted by atomic mass is 10.1. The van der Waals surface area contributed by atoms with Crippen LogP contribution in [0.2, 0.25) is 5.02 Å². The van der Waals surface area contributed by atoms with Gasteiger partial charge in [0, 0.05) is 11.6 Å². The Bertz CT molecular complexity index is 476. The number of rotatable bonds is 5. The first-order chi connectivity index (χ1) is 8.99. The third-order valence-corrected chi connectivity index (χ3v) is 2.64. The molecule has 0 aliphatic rings. The van der Waals surface area contributed by atoms with Crippen molar-refractivity contribution in [3.8, 4) is 0 Å². The van der Waals surface area contributed by atoms with Gasteiger partial charge in [0.25, 0.3) is 0 Å². The second kappa shape index (κ2) is 7.70. The summed E-state index contributed by atoms with van der Waals surface area (Å²) in [5.41, 5.74) is 6.22. The molecule has 0 aliphatic carbocycles. The molecule has 0 atom stereocenters. The summed E-state index contributed by atoms with van der Waals surface area (Å²) in [6.07, 6.45) is 0.617. The van der Waals surface area contributed by atoms with Crippen LogP contribution in [0, 0.1) is 0 Å². The molecule has 19 heavy (non-hydrogen) atoms. The average Bonchev–Trinajstić information content (AvgIpc) is 2.38. The summed E-state index contributed by atoms with van der Waals surface area (Å²) in [5.74, 6) is -1.45. The quantitative estimate of drug-likeness (QED) is 0.543. The molecule has 1 aromatic rings. The molecule has 0 heterocycles. The van der Waals surface area contributed by atoms with Crippen molar-refractivity contribution in [1.29, 1.82) is 0 Å². The number of benzene rings is 1. The Balaban J connectivity index is 2.28. The Morgan fingerprint density at radius 2 is 1.74 bits per heavy atom.